The van der Waals surface area contributed by atoms with Gasteiger partial charge in [-0.15, -0.1) is 0 Å². The zero-order chi connectivity index (χ0) is 12.5. The molecular formula is C12H20N2O2S. The predicted molar refractivity (Wildman–Crippen MR) is 69.5 cm³/mol. The number of nitrogens with two attached hydrogens (primary N) is 1. The van der Waals surface area contributed by atoms with Crippen LogP contribution in [0.4, 0.5) is 0 Å². The summed E-state index contributed by atoms with van der Waals surface area (Å²) in [7, 11) is 0. The molecule has 0 heterocycles. The van der Waals surface area contributed by atoms with Crippen LogP contribution in [-0.2, 0) is 4.79 Å². The Morgan fingerprint density at radius 1 is 1.41 bits per heavy atom. The highest BCUT2D eigenvalue weighted by Gasteiger charge is 2.55. The lowest BCUT2D eigenvalue weighted by Gasteiger charge is -2.31. The highest BCUT2D eigenvalue weighted by Crippen LogP contribution is 2.48. The molecular weight excluding hydrogens is 236 g/mol. The fourth-order valence-electron chi connectivity index (χ4n) is 2.74. The summed E-state index contributed by atoms with van der Waals surface area (Å²) in [5, 5.41) is 9.11. The highest BCUT2D eigenvalue weighted by molar-refractivity contribution is 7.80. The molecule has 2 fully saturated rings. The van der Waals surface area contributed by atoms with Gasteiger partial charge in [0.05, 0.1) is 17.0 Å². The van der Waals surface area contributed by atoms with Gasteiger partial charge >= 0.3 is 0 Å². The van der Waals surface area contributed by atoms with Gasteiger partial charge in [0.25, 0.3) is 0 Å². The van der Waals surface area contributed by atoms with Crippen LogP contribution in [0.5, 0.6) is 0 Å². The van der Waals surface area contributed by atoms with E-state index in [0.717, 1.165) is 25.7 Å². The van der Waals surface area contributed by atoms with Crippen LogP contribution in [0.25, 0.3) is 0 Å². The normalized spacial score (nSPS) is 22.4. The first-order valence-corrected chi connectivity index (χ1v) is 6.74. The van der Waals surface area contributed by atoms with Gasteiger partial charge in [0.15, 0.2) is 0 Å². The summed E-state index contributed by atoms with van der Waals surface area (Å²) >= 11 is 5.02. The van der Waals surface area contributed by atoms with Crippen molar-refractivity contribution in [3.63, 3.8) is 0 Å². The first-order chi connectivity index (χ1) is 8.12. The molecule has 17 heavy (non-hydrogen) atoms. The van der Waals surface area contributed by atoms with Crippen molar-refractivity contribution in [1.29, 1.82) is 0 Å². The Kier molecular flexibility index (Phi) is 3.68. The smallest absolute Gasteiger partial charge is 0.235 e. The second-order valence-electron chi connectivity index (χ2n) is 5.11. The van der Waals surface area contributed by atoms with E-state index in [-0.39, 0.29) is 18.6 Å². The summed E-state index contributed by atoms with van der Waals surface area (Å²) in [6, 6.07) is 0.279. The van der Waals surface area contributed by atoms with Crippen molar-refractivity contribution in [3.05, 3.63) is 0 Å². The van der Waals surface area contributed by atoms with E-state index in [0.29, 0.717) is 11.5 Å². The van der Waals surface area contributed by atoms with Gasteiger partial charge in [0, 0.05) is 12.6 Å². The molecule has 1 amide bonds. The van der Waals surface area contributed by atoms with E-state index < -0.39 is 5.41 Å². The second-order valence-corrected chi connectivity index (χ2v) is 5.55. The number of carbonyl (C=O) groups excluding carboxylic acids is 1. The van der Waals surface area contributed by atoms with E-state index in [9.17, 15) is 4.79 Å². The maximum absolute atomic E-state index is 12.5. The summed E-state index contributed by atoms with van der Waals surface area (Å²) < 4.78 is 0. The van der Waals surface area contributed by atoms with Crippen LogP contribution in [0.1, 0.15) is 38.5 Å². The maximum atomic E-state index is 12.5. The first-order valence-electron chi connectivity index (χ1n) is 6.33. The molecule has 3 N–H and O–H groups in total. The van der Waals surface area contributed by atoms with Crippen molar-refractivity contribution < 1.29 is 9.90 Å². The van der Waals surface area contributed by atoms with E-state index in [1.54, 1.807) is 0 Å². The number of hydrogen-bond donors (Lipinski definition) is 2. The van der Waals surface area contributed by atoms with Crippen LogP contribution < -0.4 is 5.73 Å². The Morgan fingerprint density at radius 2 is 2.00 bits per heavy atom. The van der Waals surface area contributed by atoms with Gasteiger partial charge in [-0.25, -0.2) is 0 Å². The number of rotatable bonds is 5. The number of nitrogens with zero attached hydrogens (tertiary/aromatic N) is 1. The monoisotopic (exact) mass is 256 g/mol. The molecule has 0 aromatic carbocycles. The largest absolute Gasteiger partial charge is 0.395 e. The van der Waals surface area contributed by atoms with Gasteiger partial charge in [-0.2, -0.15) is 0 Å². The van der Waals surface area contributed by atoms with Crippen LogP contribution in [-0.4, -0.2) is 40.1 Å². The molecule has 96 valence electrons. The Labute approximate surface area is 107 Å². The summed E-state index contributed by atoms with van der Waals surface area (Å²) in [5.74, 6) is 0.0472. The number of hydrogen-bond acceptors (Lipinski definition) is 3. The topological polar surface area (TPSA) is 66.6 Å². The molecule has 0 unspecified atom stereocenters. The molecule has 0 aliphatic heterocycles. The van der Waals surface area contributed by atoms with Gasteiger partial charge < -0.3 is 15.7 Å². The number of aliphatic hydroxyl groups is 1. The van der Waals surface area contributed by atoms with Crippen molar-refractivity contribution in [1.82, 2.24) is 4.90 Å². The van der Waals surface area contributed by atoms with Crippen molar-refractivity contribution >= 4 is 23.1 Å². The molecule has 0 bridgehead atoms. The lowest BCUT2D eigenvalue weighted by atomic mass is 10.0. The Morgan fingerprint density at radius 3 is 2.41 bits per heavy atom. The van der Waals surface area contributed by atoms with E-state index in [2.05, 4.69) is 0 Å². The van der Waals surface area contributed by atoms with E-state index >= 15 is 0 Å². The fourth-order valence-corrected chi connectivity index (χ4v) is 3.03. The molecule has 2 rings (SSSR count). The van der Waals surface area contributed by atoms with Crippen LogP contribution in [0.2, 0.25) is 0 Å². The zero-order valence-corrected chi connectivity index (χ0v) is 10.8. The molecule has 2 aliphatic rings. The lowest BCUT2D eigenvalue weighted by molar-refractivity contribution is -0.137. The van der Waals surface area contributed by atoms with E-state index in [4.69, 9.17) is 23.1 Å². The van der Waals surface area contributed by atoms with Crippen molar-refractivity contribution in [2.24, 2.45) is 11.1 Å². The summed E-state index contributed by atoms with van der Waals surface area (Å²) in [5.41, 5.74) is 5.11. The quantitative estimate of drug-likeness (QED) is 0.715. The number of aliphatic hydroxyl groups excluding tert-OH is 1. The Bertz CT molecular complexity index is 322. The average Bonchev–Trinajstić information content (AvgIpc) is 2.95. The van der Waals surface area contributed by atoms with Crippen LogP contribution in [0.3, 0.4) is 0 Å². The van der Waals surface area contributed by atoms with Gasteiger partial charge in [-0.05, 0) is 25.7 Å². The Hall–Kier alpha value is -0.680. The predicted octanol–water partition coefficient (Wildman–Crippen LogP) is 0.816. The van der Waals surface area contributed by atoms with E-state index in [1.807, 2.05) is 4.90 Å². The molecule has 5 heteroatoms. The van der Waals surface area contributed by atoms with Crippen molar-refractivity contribution in [3.8, 4) is 0 Å². The lowest BCUT2D eigenvalue weighted by Crippen LogP contribution is -2.48. The minimum absolute atomic E-state index is 0.00958. The minimum atomic E-state index is -0.576. The molecule has 0 saturated heterocycles. The van der Waals surface area contributed by atoms with Gasteiger partial charge in [0.1, 0.15) is 0 Å². The maximum Gasteiger partial charge on any atom is 0.235 e. The van der Waals surface area contributed by atoms with Crippen LogP contribution in [0, 0.1) is 5.41 Å². The van der Waals surface area contributed by atoms with Crippen molar-refractivity contribution in [2.45, 2.75) is 44.6 Å². The molecule has 0 radical (unpaired) electrons. The van der Waals surface area contributed by atoms with E-state index in [1.165, 1.54) is 12.8 Å². The highest BCUT2D eigenvalue weighted by atomic mass is 32.1. The Balaban J connectivity index is 2.10. The third kappa shape index (κ3) is 2.31. The molecule has 2 saturated carbocycles. The fraction of sp³-hybridized carbons (Fsp3) is 0.833. The molecule has 0 aromatic heterocycles. The second kappa shape index (κ2) is 4.90. The van der Waals surface area contributed by atoms with Crippen molar-refractivity contribution in [2.75, 3.05) is 13.2 Å². The van der Waals surface area contributed by atoms with Gasteiger partial charge in [-0.1, -0.05) is 25.1 Å². The summed E-state index contributed by atoms with van der Waals surface area (Å²) in [6.07, 6.45) is 5.96. The standard InChI is InChI=1S/C12H20N2O2S/c13-10(17)12(5-6-12)11(16)14(7-8-15)9-3-1-2-4-9/h9,15H,1-8H2,(H2,13,17). The first kappa shape index (κ1) is 12.8. The third-order valence-electron chi connectivity index (χ3n) is 4.00. The number of amides is 1. The average molecular weight is 256 g/mol. The number of thiocarbonyl (C=S) groups is 1. The summed E-state index contributed by atoms with van der Waals surface area (Å²) in [4.78, 5) is 14.6. The summed E-state index contributed by atoms with van der Waals surface area (Å²) in [6.45, 7) is 0.420. The molecule has 4 nitrogen and oxygen atoms in total. The molecule has 0 aromatic rings. The molecule has 2 aliphatic carbocycles. The zero-order valence-electron chi connectivity index (χ0n) is 10.0. The van der Waals surface area contributed by atoms with Crippen LogP contribution in [0.15, 0.2) is 0 Å². The van der Waals surface area contributed by atoms with Gasteiger partial charge in [0.2, 0.25) is 5.91 Å². The SMILES string of the molecule is NC(=S)C1(C(=O)N(CCO)C2CCCC2)CC1. The minimum Gasteiger partial charge on any atom is -0.395 e. The molecule has 0 atom stereocenters. The third-order valence-corrected chi connectivity index (χ3v) is 4.39. The van der Waals surface area contributed by atoms with Gasteiger partial charge in [-0.3, -0.25) is 4.79 Å². The molecule has 0 spiro atoms. The van der Waals surface area contributed by atoms with Crippen LogP contribution >= 0.6 is 12.2 Å². The number of carbonyl (C=O) groups is 1.